The zero-order chi connectivity index (χ0) is 21.7. The monoisotopic (exact) mass is 414 g/mol. The number of imide groups is 1. The summed E-state index contributed by atoms with van der Waals surface area (Å²) in [6.07, 6.45) is 2.44. The average Bonchev–Trinajstić information content (AvgIpc) is 3.28. The van der Waals surface area contributed by atoms with E-state index in [9.17, 15) is 14.4 Å². The molecule has 1 N–H and O–H groups in total. The lowest BCUT2D eigenvalue weighted by Crippen LogP contribution is -2.52. The number of aromatic nitrogens is 2. The van der Waals surface area contributed by atoms with Gasteiger partial charge in [0.05, 0.1) is 11.9 Å². The number of piperidine rings is 1. The second kappa shape index (κ2) is 7.19. The van der Waals surface area contributed by atoms with Crippen LogP contribution in [0.5, 0.6) is 0 Å². The predicted molar refractivity (Wildman–Crippen MR) is 115 cm³/mol. The highest BCUT2D eigenvalue weighted by Crippen LogP contribution is 2.35. The van der Waals surface area contributed by atoms with Gasteiger partial charge in [-0.2, -0.15) is 5.10 Å². The lowest BCUT2D eigenvalue weighted by molar-refractivity contribution is -0.136. The van der Waals surface area contributed by atoms with E-state index in [1.54, 1.807) is 4.90 Å². The van der Waals surface area contributed by atoms with E-state index >= 15 is 0 Å². The molecule has 3 amide bonds. The molecular formula is C24H22N4O3. The van der Waals surface area contributed by atoms with E-state index in [0.717, 1.165) is 27.9 Å². The predicted octanol–water partition coefficient (Wildman–Crippen LogP) is 2.82. The van der Waals surface area contributed by atoms with Crippen LogP contribution in [0.3, 0.4) is 0 Å². The molecule has 156 valence electrons. The van der Waals surface area contributed by atoms with Crippen LogP contribution in [0.4, 0.5) is 0 Å². The number of hydrogen-bond acceptors (Lipinski definition) is 4. The van der Waals surface area contributed by atoms with Crippen molar-refractivity contribution in [2.24, 2.45) is 7.05 Å². The number of nitrogens with one attached hydrogen (secondary N) is 1. The summed E-state index contributed by atoms with van der Waals surface area (Å²) in [6.45, 7) is 2.41. The SMILES string of the molecule is Cc1ccc(-c2c(-c3ccc4c(c3)CN(C3CCC(=O)NC3=O)C4=O)cnn2C)cc1. The lowest BCUT2D eigenvalue weighted by atomic mass is 9.98. The van der Waals surface area contributed by atoms with Crippen molar-refractivity contribution in [1.29, 1.82) is 0 Å². The van der Waals surface area contributed by atoms with Crippen molar-refractivity contribution in [2.45, 2.75) is 32.4 Å². The fourth-order valence-corrected chi connectivity index (χ4v) is 4.44. The van der Waals surface area contributed by atoms with E-state index in [1.165, 1.54) is 5.56 Å². The van der Waals surface area contributed by atoms with Gasteiger partial charge in [-0.1, -0.05) is 35.9 Å². The number of aryl methyl sites for hydroxylation is 2. The van der Waals surface area contributed by atoms with Gasteiger partial charge in [-0.3, -0.25) is 24.4 Å². The molecule has 0 radical (unpaired) electrons. The molecule has 0 spiro atoms. The summed E-state index contributed by atoms with van der Waals surface area (Å²) in [7, 11) is 1.92. The number of hydrogen-bond donors (Lipinski definition) is 1. The smallest absolute Gasteiger partial charge is 0.255 e. The minimum Gasteiger partial charge on any atom is -0.322 e. The molecule has 3 heterocycles. The Hall–Kier alpha value is -3.74. The van der Waals surface area contributed by atoms with Gasteiger partial charge in [-0.15, -0.1) is 0 Å². The number of amides is 3. The Morgan fingerprint density at radius 1 is 1.00 bits per heavy atom. The summed E-state index contributed by atoms with van der Waals surface area (Å²) in [5, 5.41) is 6.80. The van der Waals surface area contributed by atoms with Crippen molar-refractivity contribution in [3.63, 3.8) is 0 Å². The minimum atomic E-state index is -0.609. The van der Waals surface area contributed by atoms with Crippen LogP contribution in [-0.4, -0.2) is 38.4 Å². The average molecular weight is 414 g/mol. The third-order valence-electron chi connectivity index (χ3n) is 6.10. The molecule has 1 saturated heterocycles. The van der Waals surface area contributed by atoms with Crippen LogP contribution in [0.15, 0.2) is 48.7 Å². The number of carbonyl (C=O) groups excluding carboxylic acids is 3. The van der Waals surface area contributed by atoms with Gasteiger partial charge in [0.1, 0.15) is 6.04 Å². The number of carbonyl (C=O) groups is 3. The van der Waals surface area contributed by atoms with Gasteiger partial charge < -0.3 is 4.90 Å². The molecule has 1 atom stereocenters. The largest absolute Gasteiger partial charge is 0.322 e. The summed E-state index contributed by atoms with van der Waals surface area (Å²) in [5.74, 6) is -0.847. The minimum absolute atomic E-state index is 0.166. The molecule has 1 aromatic heterocycles. The Morgan fingerprint density at radius 3 is 2.48 bits per heavy atom. The van der Waals surface area contributed by atoms with Crippen molar-refractivity contribution >= 4 is 17.7 Å². The topological polar surface area (TPSA) is 84.3 Å². The molecule has 0 aliphatic carbocycles. The maximum absolute atomic E-state index is 12.9. The standard InChI is InChI=1S/C24H22N4O3/c1-14-3-5-15(6-4-14)22-19(12-25-27(22)2)16-7-8-18-17(11-16)13-28(24(18)31)20-9-10-21(29)26-23(20)30/h3-8,11-12,20H,9-10,13H2,1-2H3,(H,26,29,30). The highest BCUT2D eigenvalue weighted by Gasteiger charge is 2.39. The molecule has 0 bridgehead atoms. The van der Waals surface area contributed by atoms with Gasteiger partial charge in [-0.05, 0) is 36.6 Å². The quantitative estimate of drug-likeness (QED) is 0.668. The van der Waals surface area contributed by atoms with Crippen molar-refractivity contribution in [1.82, 2.24) is 20.0 Å². The Kier molecular flexibility index (Phi) is 4.46. The van der Waals surface area contributed by atoms with Crippen LogP contribution < -0.4 is 5.32 Å². The first kappa shape index (κ1) is 19.2. The van der Waals surface area contributed by atoms with Crippen molar-refractivity contribution < 1.29 is 14.4 Å². The molecule has 5 rings (SSSR count). The Labute approximate surface area is 179 Å². The zero-order valence-electron chi connectivity index (χ0n) is 17.4. The van der Waals surface area contributed by atoms with Crippen LogP contribution in [0.2, 0.25) is 0 Å². The lowest BCUT2D eigenvalue weighted by Gasteiger charge is -2.29. The number of rotatable bonds is 3. The van der Waals surface area contributed by atoms with Gasteiger partial charge in [0.15, 0.2) is 0 Å². The van der Waals surface area contributed by atoms with Crippen molar-refractivity contribution in [3.8, 4) is 22.4 Å². The fraction of sp³-hybridized carbons (Fsp3) is 0.250. The second-order valence-corrected chi connectivity index (χ2v) is 8.17. The maximum Gasteiger partial charge on any atom is 0.255 e. The van der Waals surface area contributed by atoms with E-state index in [4.69, 9.17) is 0 Å². The summed E-state index contributed by atoms with van der Waals surface area (Å²) < 4.78 is 1.86. The number of fused-ring (bicyclic) bond motifs is 1. The molecule has 7 heteroatoms. The van der Waals surface area contributed by atoms with E-state index in [-0.39, 0.29) is 18.2 Å². The molecular weight excluding hydrogens is 392 g/mol. The zero-order valence-corrected chi connectivity index (χ0v) is 17.4. The van der Waals surface area contributed by atoms with E-state index in [0.29, 0.717) is 18.5 Å². The first-order valence-corrected chi connectivity index (χ1v) is 10.3. The van der Waals surface area contributed by atoms with E-state index in [1.807, 2.05) is 36.1 Å². The third kappa shape index (κ3) is 3.22. The molecule has 3 aromatic rings. The van der Waals surface area contributed by atoms with Crippen LogP contribution in [0.25, 0.3) is 22.4 Å². The van der Waals surface area contributed by atoms with Crippen LogP contribution >= 0.6 is 0 Å². The number of nitrogens with zero attached hydrogens (tertiary/aromatic N) is 3. The van der Waals surface area contributed by atoms with Gasteiger partial charge in [0.25, 0.3) is 5.91 Å². The van der Waals surface area contributed by atoms with Crippen LogP contribution in [-0.2, 0) is 23.2 Å². The van der Waals surface area contributed by atoms with Crippen molar-refractivity contribution in [3.05, 3.63) is 65.4 Å². The maximum atomic E-state index is 12.9. The van der Waals surface area contributed by atoms with Gasteiger partial charge >= 0.3 is 0 Å². The summed E-state index contributed by atoms with van der Waals surface area (Å²) in [4.78, 5) is 38.2. The summed E-state index contributed by atoms with van der Waals surface area (Å²) >= 11 is 0. The fourth-order valence-electron chi connectivity index (χ4n) is 4.44. The molecule has 1 fully saturated rings. The van der Waals surface area contributed by atoms with Gasteiger partial charge in [-0.25, -0.2) is 0 Å². The third-order valence-corrected chi connectivity index (χ3v) is 6.10. The van der Waals surface area contributed by atoms with Gasteiger partial charge in [0, 0.05) is 36.7 Å². The molecule has 1 unspecified atom stereocenters. The first-order valence-electron chi connectivity index (χ1n) is 10.3. The van der Waals surface area contributed by atoms with Crippen molar-refractivity contribution in [2.75, 3.05) is 0 Å². The second-order valence-electron chi connectivity index (χ2n) is 8.17. The highest BCUT2D eigenvalue weighted by atomic mass is 16.2. The van der Waals surface area contributed by atoms with Crippen LogP contribution in [0, 0.1) is 6.92 Å². The Bertz CT molecular complexity index is 1230. The molecule has 7 nitrogen and oxygen atoms in total. The Morgan fingerprint density at radius 2 is 1.74 bits per heavy atom. The molecule has 2 aliphatic rings. The Balaban J connectivity index is 1.49. The van der Waals surface area contributed by atoms with E-state index in [2.05, 4.69) is 41.6 Å². The molecule has 2 aromatic carbocycles. The summed E-state index contributed by atoms with van der Waals surface area (Å²) in [5.41, 5.74) is 6.72. The molecule has 2 aliphatic heterocycles. The summed E-state index contributed by atoms with van der Waals surface area (Å²) in [6, 6.07) is 13.5. The molecule has 31 heavy (non-hydrogen) atoms. The van der Waals surface area contributed by atoms with Crippen LogP contribution in [0.1, 0.15) is 34.3 Å². The highest BCUT2D eigenvalue weighted by molar-refractivity contribution is 6.05. The first-order chi connectivity index (χ1) is 14.9. The number of benzene rings is 2. The van der Waals surface area contributed by atoms with E-state index < -0.39 is 11.9 Å². The normalized spacial score (nSPS) is 18.3. The molecule has 0 saturated carbocycles. The van der Waals surface area contributed by atoms with Gasteiger partial charge in [0.2, 0.25) is 11.8 Å².